The molecule has 0 fully saturated rings. The van der Waals surface area contributed by atoms with Crippen LogP contribution in [0.25, 0.3) is 0 Å². The Hall–Kier alpha value is -2.41. The second kappa shape index (κ2) is 8.44. The van der Waals surface area contributed by atoms with E-state index in [1.165, 1.54) is 24.3 Å². The summed E-state index contributed by atoms with van der Waals surface area (Å²) in [7, 11) is 1.55. The van der Waals surface area contributed by atoms with Crippen molar-refractivity contribution in [1.29, 1.82) is 0 Å². The largest absolute Gasteiger partial charge is 0.497 e. The van der Waals surface area contributed by atoms with Gasteiger partial charge >= 0.3 is 0 Å². The maximum Gasteiger partial charge on any atom is 0.211 e. The number of benzene rings is 2. The number of nitro groups is 1. The van der Waals surface area contributed by atoms with Crippen LogP contribution in [0.1, 0.15) is 17.9 Å². The summed E-state index contributed by atoms with van der Waals surface area (Å²) < 4.78 is 18.1. The van der Waals surface area contributed by atoms with E-state index < -0.39 is 16.7 Å². The van der Waals surface area contributed by atoms with E-state index in [1.54, 1.807) is 31.4 Å². The number of carbonyl (C=O) groups excluding carboxylic acids is 1. The van der Waals surface area contributed by atoms with Gasteiger partial charge < -0.3 is 4.74 Å². The third-order valence-corrected chi connectivity index (χ3v) is 4.32. The molecule has 0 amide bonds. The summed E-state index contributed by atoms with van der Waals surface area (Å²) in [6.45, 7) is -0.374. The molecule has 0 aliphatic rings. The summed E-state index contributed by atoms with van der Waals surface area (Å²) in [6, 6.07) is 12.4. The Labute approximate surface area is 143 Å². The molecule has 0 aromatic heterocycles. The second-order valence-electron chi connectivity index (χ2n) is 5.12. The lowest BCUT2D eigenvalue weighted by Gasteiger charge is -2.12. The number of carbonyl (C=O) groups is 1. The molecule has 7 heteroatoms. The molecule has 0 aliphatic heterocycles. The SMILES string of the molecule is COc1ccc(SC(=O)C[C@H](C[N+](=O)[O-])c2ccc(F)cc2)cc1. The van der Waals surface area contributed by atoms with E-state index in [4.69, 9.17) is 4.74 Å². The predicted molar refractivity (Wildman–Crippen MR) is 89.5 cm³/mol. The van der Waals surface area contributed by atoms with Crippen molar-refractivity contribution in [2.75, 3.05) is 13.7 Å². The fraction of sp³-hybridized carbons (Fsp3) is 0.235. The van der Waals surface area contributed by atoms with E-state index in [9.17, 15) is 19.3 Å². The van der Waals surface area contributed by atoms with Crippen LogP contribution in [0.5, 0.6) is 5.75 Å². The van der Waals surface area contributed by atoms with Crippen LogP contribution in [0, 0.1) is 15.9 Å². The van der Waals surface area contributed by atoms with Gasteiger partial charge in [0.1, 0.15) is 11.6 Å². The van der Waals surface area contributed by atoms with Gasteiger partial charge in [-0.15, -0.1) is 0 Å². The minimum absolute atomic E-state index is 0.00328. The molecule has 126 valence electrons. The molecule has 24 heavy (non-hydrogen) atoms. The molecule has 0 unspecified atom stereocenters. The van der Waals surface area contributed by atoms with Crippen LogP contribution in [-0.2, 0) is 4.79 Å². The van der Waals surface area contributed by atoms with Crippen molar-refractivity contribution in [3.63, 3.8) is 0 Å². The van der Waals surface area contributed by atoms with Crippen LogP contribution in [0.2, 0.25) is 0 Å². The van der Waals surface area contributed by atoms with Gasteiger partial charge in [-0.05, 0) is 42.0 Å². The molecular weight excluding hydrogens is 333 g/mol. The Morgan fingerprint density at radius 2 is 1.83 bits per heavy atom. The normalized spacial score (nSPS) is 11.8. The first-order valence-corrected chi connectivity index (χ1v) is 8.01. The molecule has 0 heterocycles. The van der Waals surface area contributed by atoms with Gasteiger partial charge in [0.05, 0.1) is 13.0 Å². The van der Waals surface area contributed by atoms with Gasteiger partial charge in [-0.2, -0.15) is 0 Å². The molecule has 0 N–H and O–H groups in total. The maximum atomic E-state index is 13.0. The third kappa shape index (κ3) is 5.34. The van der Waals surface area contributed by atoms with E-state index >= 15 is 0 Å². The van der Waals surface area contributed by atoms with Crippen LogP contribution >= 0.6 is 11.8 Å². The molecule has 0 aliphatic carbocycles. The Bertz CT molecular complexity index is 704. The van der Waals surface area contributed by atoms with E-state index in [0.29, 0.717) is 11.3 Å². The highest BCUT2D eigenvalue weighted by Crippen LogP contribution is 2.28. The van der Waals surface area contributed by atoms with Crippen molar-refractivity contribution >= 4 is 16.9 Å². The van der Waals surface area contributed by atoms with Crippen LogP contribution in [0.3, 0.4) is 0 Å². The second-order valence-corrected chi connectivity index (χ2v) is 6.25. The predicted octanol–water partition coefficient (Wildman–Crippen LogP) is 3.90. The first-order chi connectivity index (χ1) is 11.5. The highest BCUT2D eigenvalue weighted by Gasteiger charge is 2.22. The molecule has 0 radical (unpaired) electrons. The van der Waals surface area contributed by atoms with Crippen molar-refractivity contribution in [3.05, 3.63) is 70.0 Å². The smallest absolute Gasteiger partial charge is 0.211 e. The number of methoxy groups -OCH3 is 1. The van der Waals surface area contributed by atoms with Gasteiger partial charge in [0.15, 0.2) is 5.12 Å². The Balaban J connectivity index is 2.05. The fourth-order valence-electron chi connectivity index (χ4n) is 2.22. The summed E-state index contributed by atoms with van der Waals surface area (Å²) >= 11 is 1.02. The number of nitrogens with zero attached hydrogens (tertiary/aromatic N) is 1. The fourth-order valence-corrected chi connectivity index (χ4v) is 3.04. The zero-order chi connectivity index (χ0) is 17.5. The number of ether oxygens (including phenoxy) is 1. The van der Waals surface area contributed by atoms with Crippen LogP contribution < -0.4 is 4.74 Å². The Morgan fingerprint density at radius 1 is 1.21 bits per heavy atom. The van der Waals surface area contributed by atoms with E-state index in [1.807, 2.05) is 0 Å². The number of hydrogen-bond acceptors (Lipinski definition) is 5. The summed E-state index contributed by atoms with van der Waals surface area (Å²) in [5.74, 6) is -0.319. The average molecular weight is 349 g/mol. The summed E-state index contributed by atoms with van der Waals surface area (Å²) in [5.41, 5.74) is 0.580. The topological polar surface area (TPSA) is 69.4 Å². The van der Waals surface area contributed by atoms with E-state index in [-0.39, 0.29) is 18.1 Å². The summed E-state index contributed by atoms with van der Waals surface area (Å²) in [4.78, 5) is 23.4. The minimum Gasteiger partial charge on any atom is -0.497 e. The van der Waals surface area contributed by atoms with Gasteiger partial charge in [-0.1, -0.05) is 23.9 Å². The van der Waals surface area contributed by atoms with Crippen LogP contribution in [0.4, 0.5) is 4.39 Å². The molecule has 0 saturated carbocycles. The summed E-state index contributed by atoms with van der Waals surface area (Å²) in [6.07, 6.45) is 0.00328. The first kappa shape index (κ1) is 17.9. The first-order valence-electron chi connectivity index (χ1n) is 7.20. The van der Waals surface area contributed by atoms with Gasteiger partial charge in [-0.25, -0.2) is 4.39 Å². The molecule has 5 nitrogen and oxygen atoms in total. The molecule has 2 aromatic rings. The quantitative estimate of drug-likeness (QED) is 0.431. The lowest BCUT2D eigenvalue weighted by molar-refractivity contribution is -0.483. The highest BCUT2D eigenvalue weighted by molar-refractivity contribution is 8.13. The van der Waals surface area contributed by atoms with Crippen molar-refractivity contribution in [2.24, 2.45) is 0 Å². The molecule has 0 saturated heterocycles. The molecular formula is C17H16FNO4S. The number of thioether (sulfide) groups is 1. The molecule has 2 aromatic carbocycles. The van der Waals surface area contributed by atoms with Gasteiger partial charge in [0.2, 0.25) is 6.54 Å². The molecule has 0 spiro atoms. The lowest BCUT2D eigenvalue weighted by Crippen LogP contribution is -2.15. The number of halogens is 1. The van der Waals surface area contributed by atoms with Crippen LogP contribution in [-0.4, -0.2) is 23.7 Å². The van der Waals surface area contributed by atoms with Crippen LogP contribution in [0.15, 0.2) is 53.4 Å². The zero-order valence-corrected chi connectivity index (χ0v) is 13.8. The number of hydrogen-bond donors (Lipinski definition) is 0. The Morgan fingerprint density at radius 3 is 2.38 bits per heavy atom. The maximum absolute atomic E-state index is 13.0. The Kier molecular flexibility index (Phi) is 6.31. The van der Waals surface area contributed by atoms with Gasteiger partial charge in [0.25, 0.3) is 0 Å². The van der Waals surface area contributed by atoms with Gasteiger partial charge in [-0.3, -0.25) is 14.9 Å². The third-order valence-electron chi connectivity index (χ3n) is 3.42. The summed E-state index contributed by atoms with van der Waals surface area (Å²) in [5, 5.41) is 10.7. The number of rotatable bonds is 7. The zero-order valence-electron chi connectivity index (χ0n) is 13.0. The van der Waals surface area contributed by atoms with Crippen molar-refractivity contribution in [2.45, 2.75) is 17.2 Å². The van der Waals surface area contributed by atoms with E-state index in [0.717, 1.165) is 16.7 Å². The van der Waals surface area contributed by atoms with Crippen molar-refractivity contribution < 1.29 is 18.8 Å². The molecule has 1 atom stereocenters. The van der Waals surface area contributed by atoms with E-state index in [2.05, 4.69) is 0 Å². The molecule has 0 bridgehead atoms. The standard InChI is InChI=1S/C17H16FNO4S/c1-23-15-6-8-16(9-7-15)24-17(20)10-13(11-19(21)22)12-2-4-14(18)5-3-12/h2-9,13H,10-11H2,1H3/t13-/m1/s1. The van der Waals surface area contributed by atoms with Gasteiger partial charge in [0, 0.05) is 16.2 Å². The average Bonchev–Trinajstić information content (AvgIpc) is 2.55. The lowest BCUT2D eigenvalue weighted by atomic mass is 9.96. The minimum atomic E-state index is -0.584. The van der Waals surface area contributed by atoms with Crippen molar-refractivity contribution in [1.82, 2.24) is 0 Å². The van der Waals surface area contributed by atoms with Crippen molar-refractivity contribution in [3.8, 4) is 5.75 Å². The molecule has 2 rings (SSSR count). The highest BCUT2D eigenvalue weighted by atomic mass is 32.2. The monoisotopic (exact) mass is 349 g/mol.